The molecule has 0 aromatic carbocycles. The van der Waals surface area contributed by atoms with E-state index in [1.54, 1.807) is 6.92 Å². The maximum absolute atomic E-state index is 11.3. The van der Waals surface area contributed by atoms with Gasteiger partial charge >= 0.3 is 0 Å². The predicted octanol–water partition coefficient (Wildman–Crippen LogP) is 1.79. The Hall–Kier alpha value is -1.04. The number of hydrogen-bond donors (Lipinski definition) is 0. The number of carbonyl (C=O) groups excluding carboxylic acids is 1. The molecule has 0 spiro atoms. The van der Waals surface area contributed by atoms with E-state index >= 15 is 0 Å². The van der Waals surface area contributed by atoms with Gasteiger partial charge in [-0.2, -0.15) is 5.26 Å². The Labute approximate surface area is 85.7 Å². The molecule has 2 atom stereocenters. The van der Waals surface area contributed by atoms with Crippen LogP contribution in [0.5, 0.6) is 0 Å². The highest BCUT2D eigenvalue weighted by Crippen LogP contribution is 2.23. The van der Waals surface area contributed by atoms with Crippen molar-refractivity contribution in [2.24, 2.45) is 11.8 Å². The minimum absolute atomic E-state index is 0.0648. The molecule has 3 nitrogen and oxygen atoms in total. The van der Waals surface area contributed by atoms with Crippen molar-refractivity contribution in [1.82, 2.24) is 4.90 Å². The average molecular weight is 194 g/mol. The lowest BCUT2D eigenvalue weighted by molar-refractivity contribution is -0.129. The first kappa shape index (κ1) is 11.0. The SMILES string of the molecule is CC(=O)N1CCCCC(C(C)C#N)C1. The fraction of sp³-hybridized carbons (Fsp3) is 0.818. The first-order valence-corrected chi connectivity index (χ1v) is 5.30. The first-order chi connectivity index (χ1) is 6.65. The van der Waals surface area contributed by atoms with E-state index in [4.69, 9.17) is 5.26 Å². The average Bonchev–Trinajstić information content (AvgIpc) is 2.41. The van der Waals surface area contributed by atoms with Crippen LogP contribution >= 0.6 is 0 Å². The van der Waals surface area contributed by atoms with Gasteiger partial charge in [-0.15, -0.1) is 0 Å². The molecule has 14 heavy (non-hydrogen) atoms. The standard InChI is InChI=1S/C11H18N2O/c1-9(7-12)11-5-3-4-6-13(8-11)10(2)14/h9,11H,3-6,8H2,1-2H3. The third kappa shape index (κ3) is 2.73. The summed E-state index contributed by atoms with van der Waals surface area (Å²) in [6, 6.07) is 2.28. The van der Waals surface area contributed by atoms with Gasteiger partial charge in [-0.3, -0.25) is 4.79 Å². The quantitative estimate of drug-likeness (QED) is 0.638. The largest absolute Gasteiger partial charge is 0.343 e. The molecule has 1 saturated heterocycles. The molecule has 3 heteroatoms. The minimum Gasteiger partial charge on any atom is -0.343 e. The highest BCUT2D eigenvalue weighted by molar-refractivity contribution is 5.73. The van der Waals surface area contributed by atoms with Crippen LogP contribution < -0.4 is 0 Å². The van der Waals surface area contributed by atoms with Crippen molar-refractivity contribution in [3.8, 4) is 6.07 Å². The van der Waals surface area contributed by atoms with Gasteiger partial charge < -0.3 is 4.90 Å². The van der Waals surface area contributed by atoms with Gasteiger partial charge in [0, 0.05) is 25.9 Å². The van der Waals surface area contributed by atoms with Gasteiger partial charge in [-0.25, -0.2) is 0 Å². The Morgan fingerprint density at radius 2 is 2.29 bits per heavy atom. The molecule has 0 N–H and O–H groups in total. The number of likely N-dealkylation sites (tertiary alicyclic amines) is 1. The zero-order chi connectivity index (χ0) is 10.6. The molecule has 2 unspecified atom stereocenters. The van der Waals surface area contributed by atoms with Crippen molar-refractivity contribution in [2.45, 2.75) is 33.1 Å². The lowest BCUT2D eigenvalue weighted by Crippen LogP contribution is -2.34. The highest BCUT2D eigenvalue weighted by Gasteiger charge is 2.23. The second-order valence-electron chi connectivity index (χ2n) is 4.14. The number of nitrogens with zero attached hydrogens (tertiary/aromatic N) is 2. The highest BCUT2D eigenvalue weighted by atomic mass is 16.2. The molecule has 78 valence electrons. The predicted molar refractivity (Wildman–Crippen MR) is 54.4 cm³/mol. The normalized spacial score (nSPS) is 24.9. The number of nitriles is 1. The second-order valence-corrected chi connectivity index (χ2v) is 4.14. The molecule has 0 aromatic heterocycles. The van der Waals surface area contributed by atoms with Crippen LogP contribution in [0.3, 0.4) is 0 Å². The van der Waals surface area contributed by atoms with Crippen molar-refractivity contribution >= 4 is 5.91 Å². The Bertz CT molecular complexity index is 244. The zero-order valence-corrected chi connectivity index (χ0v) is 8.99. The molecule has 0 saturated carbocycles. The maximum Gasteiger partial charge on any atom is 0.219 e. The topological polar surface area (TPSA) is 44.1 Å². The monoisotopic (exact) mass is 194 g/mol. The lowest BCUT2D eigenvalue weighted by Gasteiger charge is -2.24. The van der Waals surface area contributed by atoms with Crippen LogP contribution in [0.4, 0.5) is 0 Å². The number of hydrogen-bond acceptors (Lipinski definition) is 2. The molecule has 0 radical (unpaired) electrons. The maximum atomic E-state index is 11.3. The van der Waals surface area contributed by atoms with E-state index in [-0.39, 0.29) is 11.8 Å². The first-order valence-electron chi connectivity index (χ1n) is 5.30. The van der Waals surface area contributed by atoms with Gasteiger partial charge in [0.1, 0.15) is 0 Å². The summed E-state index contributed by atoms with van der Waals surface area (Å²) in [5, 5.41) is 8.85. The Morgan fingerprint density at radius 1 is 1.57 bits per heavy atom. The zero-order valence-electron chi connectivity index (χ0n) is 8.99. The Kier molecular flexibility index (Phi) is 3.94. The van der Waals surface area contributed by atoms with E-state index in [0.717, 1.165) is 32.4 Å². The van der Waals surface area contributed by atoms with Crippen molar-refractivity contribution in [3.63, 3.8) is 0 Å². The summed E-state index contributed by atoms with van der Waals surface area (Å²) in [5.74, 6) is 0.573. The Morgan fingerprint density at radius 3 is 2.86 bits per heavy atom. The number of carbonyl (C=O) groups is 1. The van der Waals surface area contributed by atoms with Crippen molar-refractivity contribution < 1.29 is 4.79 Å². The van der Waals surface area contributed by atoms with Crippen molar-refractivity contribution in [2.75, 3.05) is 13.1 Å². The summed E-state index contributed by atoms with van der Waals surface area (Å²) >= 11 is 0. The van der Waals surface area contributed by atoms with Gasteiger partial charge in [0.2, 0.25) is 5.91 Å². The smallest absolute Gasteiger partial charge is 0.219 e. The summed E-state index contributed by atoms with van der Waals surface area (Å²) in [6.45, 7) is 5.20. The summed E-state index contributed by atoms with van der Waals surface area (Å²) in [4.78, 5) is 13.1. The summed E-state index contributed by atoms with van der Waals surface area (Å²) in [6.07, 6.45) is 3.30. The van der Waals surface area contributed by atoms with Crippen LogP contribution in [0, 0.1) is 23.2 Å². The molecule has 1 aliphatic heterocycles. The third-order valence-corrected chi connectivity index (χ3v) is 3.06. The number of rotatable bonds is 1. The summed E-state index contributed by atoms with van der Waals surface area (Å²) < 4.78 is 0. The fourth-order valence-electron chi connectivity index (χ4n) is 1.97. The van der Waals surface area contributed by atoms with Crippen LogP contribution in [0.1, 0.15) is 33.1 Å². The molecule has 0 bridgehead atoms. The molecular weight excluding hydrogens is 176 g/mol. The third-order valence-electron chi connectivity index (χ3n) is 3.06. The van der Waals surface area contributed by atoms with Gasteiger partial charge in [0.25, 0.3) is 0 Å². The number of amides is 1. The molecule has 1 aliphatic rings. The second kappa shape index (κ2) is 4.99. The van der Waals surface area contributed by atoms with Crippen LogP contribution in [0.15, 0.2) is 0 Å². The van der Waals surface area contributed by atoms with Crippen LogP contribution in [-0.2, 0) is 4.79 Å². The van der Waals surface area contributed by atoms with Crippen LogP contribution in [0.2, 0.25) is 0 Å². The molecule has 1 amide bonds. The van der Waals surface area contributed by atoms with E-state index in [1.165, 1.54) is 0 Å². The van der Waals surface area contributed by atoms with E-state index in [2.05, 4.69) is 6.07 Å². The van der Waals surface area contributed by atoms with Gasteiger partial charge in [-0.1, -0.05) is 6.42 Å². The Balaban J connectivity index is 2.60. The molecule has 1 heterocycles. The molecular formula is C11H18N2O. The molecule has 1 fully saturated rings. The van der Waals surface area contributed by atoms with Crippen molar-refractivity contribution in [3.05, 3.63) is 0 Å². The fourth-order valence-corrected chi connectivity index (χ4v) is 1.97. The van der Waals surface area contributed by atoms with Crippen LogP contribution in [-0.4, -0.2) is 23.9 Å². The van der Waals surface area contributed by atoms with E-state index in [9.17, 15) is 4.79 Å². The molecule has 1 rings (SSSR count). The van der Waals surface area contributed by atoms with E-state index in [0.29, 0.717) is 5.92 Å². The minimum atomic E-state index is 0.0648. The lowest BCUT2D eigenvalue weighted by atomic mass is 9.91. The van der Waals surface area contributed by atoms with Gasteiger partial charge in [0.05, 0.1) is 6.07 Å². The molecule has 0 aromatic rings. The molecule has 0 aliphatic carbocycles. The van der Waals surface area contributed by atoms with Crippen molar-refractivity contribution in [1.29, 1.82) is 5.26 Å². The van der Waals surface area contributed by atoms with Gasteiger partial charge in [0.15, 0.2) is 0 Å². The van der Waals surface area contributed by atoms with E-state index < -0.39 is 0 Å². The summed E-state index contributed by atoms with van der Waals surface area (Å²) in [5.41, 5.74) is 0. The van der Waals surface area contributed by atoms with E-state index in [1.807, 2.05) is 11.8 Å². The van der Waals surface area contributed by atoms with Crippen LogP contribution in [0.25, 0.3) is 0 Å². The summed E-state index contributed by atoms with van der Waals surface area (Å²) in [7, 11) is 0. The van der Waals surface area contributed by atoms with Gasteiger partial charge in [-0.05, 0) is 25.7 Å².